The zero-order valence-electron chi connectivity index (χ0n) is 32.9. The molecule has 3 aromatic carbocycles. The lowest BCUT2D eigenvalue weighted by Gasteiger charge is -2.36. The maximum absolute atomic E-state index is 5.92. The molecule has 0 spiro atoms. The van der Waals surface area contributed by atoms with Crippen LogP contribution in [0.25, 0.3) is 0 Å². The molecule has 0 aliphatic carbocycles. The molecular formula is C43H47Cl7N12. The predicted molar refractivity (Wildman–Crippen MR) is 261 cm³/mol. The minimum absolute atomic E-state index is 0. The van der Waals surface area contributed by atoms with Crippen LogP contribution in [0.2, 0.25) is 36.3 Å². The normalized spacial score (nSPS) is 14.9. The Morgan fingerprint density at radius 2 is 0.677 bits per heavy atom. The summed E-state index contributed by atoms with van der Waals surface area (Å²) in [5.41, 5.74) is 3.85. The lowest BCUT2D eigenvalue weighted by molar-refractivity contribution is 0.589. The molecule has 3 saturated heterocycles. The maximum Gasteiger partial charge on any atom is 0.228 e. The van der Waals surface area contributed by atoms with E-state index in [2.05, 4.69) is 139 Å². The summed E-state index contributed by atoms with van der Waals surface area (Å²) >= 11 is 39.8. The van der Waals surface area contributed by atoms with Gasteiger partial charge >= 0.3 is 0 Å². The number of nitrogens with zero attached hydrogens (tertiary/aromatic N) is 11. The Hall–Kier alpha value is -4.11. The van der Waals surface area contributed by atoms with Crippen molar-refractivity contribution in [2.45, 2.75) is 7.43 Å². The fourth-order valence-electron chi connectivity index (χ4n) is 6.62. The van der Waals surface area contributed by atoms with E-state index in [0.717, 1.165) is 84.4 Å². The molecule has 0 atom stereocenters. The van der Waals surface area contributed by atoms with Crippen molar-refractivity contribution < 1.29 is 0 Å². The van der Waals surface area contributed by atoms with Crippen molar-refractivity contribution in [2.75, 3.05) is 103 Å². The van der Waals surface area contributed by atoms with Gasteiger partial charge in [-0.2, -0.15) is 0 Å². The van der Waals surface area contributed by atoms with Crippen LogP contribution in [0, 0.1) is 0 Å². The number of nitrogens with one attached hydrogen (secondary N) is 1. The van der Waals surface area contributed by atoms with Gasteiger partial charge in [0, 0.05) is 114 Å². The van der Waals surface area contributed by atoms with Crippen LogP contribution < -0.4 is 29.8 Å². The van der Waals surface area contributed by atoms with Gasteiger partial charge < -0.3 is 29.8 Å². The first-order valence-electron chi connectivity index (χ1n) is 19.5. The SMILES string of the molecule is C.Clc1cc(Cl)nc(Cl)n1.Clc1cc(Cl)nc(N2CCN(c3ccccc3)CC2)n1.Clc1cc(N2CCN(c3ccccc3)CC2)nc(Cl)n1.c1ccc(N2CCNCC2)cc1. The lowest BCUT2D eigenvalue weighted by atomic mass is 10.2. The summed E-state index contributed by atoms with van der Waals surface area (Å²) < 4.78 is 0. The summed E-state index contributed by atoms with van der Waals surface area (Å²) in [6.45, 7) is 11.7. The number of hydrogen-bond acceptors (Lipinski definition) is 12. The van der Waals surface area contributed by atoms with Gasteiger partial charge in [0.05, 0.1) is 0 Å². The van der Waals surface area contributed by atoms with Crippen molar-refractivity contribution in [3.05, 3.63) is 146 Å². The summed E-state index contributed by atoms with van der Waals surface area (Å²) in [6, 6.07) is 36.1. The van der Waals surface area contributed by atoms with Gasteiger partial charge in [-0.3, -0.25) is 0 Å². The number of aromatic nitrogens is 6. The maximum atomic E-state index is 5.92. The van der Waals surface area contributed by atoms with Crippen LogP contribution in [0.15, 0.2) is 109 Å². The zero-order chi connectivity index (χ0) is 43.0. The first kappa shape index (κ1) is 48.9. The van der Waals surface area contributed by atoms with Gasteiger partial charge in [-0.15, -0.1) is 0 Å². The number of piperazine rings is 3. The van der Waals surface area contributed by atoms with Crippen molar-refractivity contribution in [3.8, 4) is 0 Å². The van der Waals surface area contributed by atoms with E-state index in [9.17, 15) is 0 Å². The van der Waals surface area contributed by atoms with E-state index in [1.54, 1.807) is 12.1 Å². The van der Waals surface area contributed by atoms with Gasteiger partial charge in [0.1, 0.15) is 31.6 Å². The van der Waals surface area contributed by atoms with Gasteiger partial charge in [-0.05, 0) is 59.6 Å². The van der Waals surface area contributed by atoms with Crippen molar-refractivity contribution in [2.24, 2.45) is 0 Å². The van der Waals surface area contributed by atoms with Gasteiger partial charge in [0.2, 0.25) is 16.5 Å². The molecule has 62 heavy (non-hydrogen) atoms. The summed E-state index contributed by atoms with van der Waals surface area (Å²) in [6.07, 6.45) is 0. The lowest BCUT2D eigenvalue weighted by Crippen LogP contribution is -2.47. The highest BCUT2D eigenvalue weighted by Crippen LogP contribution is 2.23. The van der Waals surface area contributed by atoms with E-state index in [1.807, 2.05) is 12.1 Å². The number of rotatable bonds is 5. The topological polar surface area (TPSA) is 106 Å². The Balaban J connectivity index is 0.000000163. The quantitative estimate of drug-likeness (QED) is 0.131. The number of halogens is 7. The molecule has 3 fully saturated rings. The molecule has 9 rings (SSSR count). The molecule has 3 aliphatic heterocycles. The molecule has 19 heteroatoms. The van der Waals surface area contributed by atoms with Crippen molar-refractivity contribution >= 4 is 110 Å². The van der Waals surface area contributed by atoms with Crippen LogP contribution in [0.4, 0.5) is 28.8 Å². The molecule has 6 aromatic rings. The molecule has 0 saturated carbocycles. The molecular weight excluding hydrogens is 933 g/mol. The smallest absolute Gasteiger partial charge is 0.228 e. The average molecular weight is 980 g/mol. The van der Waals surface area contributed by atoms with Crippen molar-refractivity contribution in [3.63, 3.8) is 0 Å². The summed E-state index contributed by atoms with van der Waals surface area (Å²) in [4.78, 5) is 35.1. The van der Waals surface area contributed by atoms with Crippen LogP contribution in [-0.4, -0.2) is 108 Å². The first-order valence-corrected chi connectivity index (χ1v) is 22.1. The van der Waals surface area contributed by atoms with E-state index in [1.165, 1.54) is 23.1 Å². The third kappa shape index (κ3) is 15.6. The van der Waals surface area contributed by atoms with E-state index < -0.39 is 0 Å². The van der Waals surface area contributed by atoms with Gasteiger partial charge in [0.25, 0.3) is 0 Å². The Kier molecular flexibility index (Phi) is 19.9. The molecule has 6 heterocycles. The molecule has 0 amide bonds. The Morgan fingerprint density at radius 3 is 1.06 bits per heavy atom. The van der Waals surface area contributed by atoms with Gasteiger partial charge in [-0.1, -0.05) is 120 Å². The van der Waals surface area contributed by atoms with Crippen LogP contribution in [-0.2, 0) is 0 Å². The second-order valence-corrected chi connectivity index (χ2v) is 16.2. The number of hydrogen-bond donors (Lipinski definition) is 1. The zero-order valence-corrected chi connectivity index (χ0v) is 38.2. The molecule has 3 aliphatic rings. The van der Waals surface area contributed by atoms with E-state index >= 15 is 0 Å². The van der Waals surface area contributed by atoms with Crippen LogP contribution in [0.3, 0.4) is 0 Å². The van der Waals surface area contributed by atoms with Gasteiger partial charge in [0.15, 0.2) is 0 Å². The van der Waals surface area contributed by atoms with Crippen molar-refractivity contribution in [1.29, 1.82) is 0 Å². The fraction of sp³-hybridized carbons (Fsp3) is 0.302. The summed E-state index contributed by atoms with van der Waals surface area (Å²) in [5, 5.41) is 5.24. The van der Waals surface area contributed by atoms with E-state index in [-0.39, 0.29) is 28.3 Å². The minimum Gasteiger partial charge on any atom is -0.369 e. The predicted octanol–water partition coefficient (Wildman–Crippen LogP) is 10.4. The second kappa shape index (κ2) is 25.3. The summed E-state index contributed by atoms with van der Waals surface area (Å²) in [5.74, 6) is 1.40. The third-order valence-corrected chi connectivity index (χ3v) is 10.9. The average Bonchev–Trinajstić information content (AvgIpc) is 3.27. The Labute approximate surface area is 398 Å². The molecule has 12 nitrogen and oxygen atoms in total. The van der Waals surface area contributed by atoms with Crippen LogP contribution in [0.1, 0.15) is 7.43 Å². The summed E-state index contributed by atoms with van der Waals surface area (Å²) in [7, 11) is 0. The highest BCUT2D eigenvalue weighted by molar-refractivity contribution is 6.35. The highest BCUT2D eigenvalue weighted by atomic mass is 35.5. The van der Waals surface area contributed by atoms with E-state index in [4.69, 9.17) is 81.2 Å². The van der Waals surface area contributed by atoms with Crippen LogP contribution in [0.5, 0.6) is 0 Å². The molecule has 3 aromatic heterocycles. The standard InChI is InChI=1S/2C14H14Cl2N4.C10H14N2.C4HCl3N2.CH4/c15-12-10-13(18-14(16)17-12)20-8-6-19(7-9-20)11-4-2-1-3-5-11;15-12-10-13(16)18-14(17-12)20-8-6-19(7-9-20)11-4-2-1-3-5-11;1-2-4-10(5-3-1)12-8-6-11-7-9-12;5-2-1-3(6)9-4(7)8-2;/h2*1-5,10H,6-9H2;1-5,11H,6-9H2;1H;1H4. The highest BCUT2D eigenvalue weighted by Gasteiger charge is 2.21. The Morgan fingerprint density at radius 1 is 0.355 bits per heavy atom. The van der Waals surface area contributed by atoms with E-state index in [0.29, 0.717) is 21.4 Å². The molecule has 1 N–H and O–H groups in total. The minimum atomic E-state index is 0. The monoisotopic (exact) mass is 976 g/mol. The van der Waals surface area contributed by atoms with Gasteiger partial charge in [-0.25, -0.2) is 29.9 Å². The largest absolute Gasteiger partial charge is 0.369 e. The number of para-hydroxylation sites is 3. The molecule has 0 bridgehead atoms. The van der Waals surface area contributed by atoms with Crippen molar-refractivity contribution in [1.82, 2.24) is 35.2 Å². The fourth-order valence-corrected chi connectivity index (χ4v) is 8.13. The number of anilines is 5. The second-order valence-electron chi connectivity index (χ2n) is 13.6. The van der Waals surface area contributed by atoms with Crippen LogP contribution >= 0.6 is 81.2 Å². The molecule has 0 unspecified atom stereocenters. The first-order chi connectivity index (χ1) is 29.6. The third-order valence-electron chi connectivity index (χ3n) is 9.59. The molecule has 328 valence electrons. The number of benzene rings is 3. The Bertz CT molecular complexity index is 2030. The molecule has 0 radical (unpaired) electrons.